The molecular formula is C19H27N3O2. The third kappa shape index (κ3) is 5.49. The van der Waals surface area contributed by atoms with Crippen molar-refractivity contribution < 1.29 is 9.53 Å². The van der Waals surface area contributed by atoms with Crippen molar-refractivity contribution in [3.8, 4) is 0 Å². The molecule has 0 saturated heterocycles. The summed E-state index contributed by atoms with van der Waals surface area (Å²) in [5.41, 5.74) is 1.69. The molecule has 2 N–H and O–H groups in total. The second-order valence-corrected chi connectivity index (χ2v) is 6.86. The standard InChI is InChI=1S/C19H27N3O2/c1-5-16(13-22-18(23)24-19(2,3)4)21-12-15-9-6-8-14-10-7-11-20-17(14)15/h6-11,16,21H,5,12-13H2,1-4H3,(H,22,23). The van der Waals surface area contributed by atoms with Crippen LogP contribution in [0.25, 0.3) is 10.9 Å². The highest BCUT2D eigenvalue weighted by atomic mass is 16.6. The van der Waals surface area contributed by atoms with E-state index in [1.54, 1.807) is 0 Å². The van der Waals surface area contributed by atoms with E-state index in [9.17, 15) is 4.79 Å². The fourth-order valence-corrected chi connectivity index (χ4v) is 2.45. The number of pyridine rings is 1. The number of benzene rings is 1. The number of ether oxygens (including phenoxy) is 1. The highest BCUT2D eigenvalue weighted by Crippen LogP contribution is 2.15. The van der Waals surface area contributed by atoms with E-state index in [1.165, 1.54) is 0 Å². The number of hydrogen-bond donors (Lipinski definition) is 2. The summed E-state index contributed by atoms with van der Waals surface area (Å²) in [5, 5.41) is 7.45. The number of nitrogens with one attached hydrogen (secondary N) is 2. The summed E-state index contributed by atoms with van der Waals surface area (Å²) in [6.45, 7) is 8.91. The summed E-state index contributed by atoms with van der Waals surface area (Å²) in [6.07, 6.45) is 2.34. The van der Waals surface area contributed by atoms with Crippen LogP contribution in [-0.4, -0.2) is 29.3 Å². The number of amides is 1. The average molecular weight is 329 g/mol. The van der Waals surface area contributed by atoms with Gasteiger partial charge in [-0.25, -0.2) is 4.79 Å². The van der Waals surface area contributed by atoms with Crippen molar-refractivity contribution in [3.63, 3.8) is 0 Å². The van der Waals surface area contributed by atoms with Crippen LogP contribution in [0.5, 0.6) is 0 Å². The van der Waals surface area contributed by atoms with Crippen LogP contribution in [0.1, 0.15) is 39.7 Å². The monoisotopic (exact) mass is 329 g/mol. The molecule has 1 atom stereocenters. The van der Waals surface area contributed by atoms with E-state index in [2.05, 4.69) is 40.7 Å². The second-order valence-electron chi connectivity index (χ2n) is 6.86. The molecule has 1 heterocycles. The quantitative estimate of drug-likeness (QED) is 0.849. The number of carbonyl (C=O) groups excluding carboxylic acids is 1. The maximum atomic E-state index is 11.8. The summed E-state index contributed by atoms with van der Waals surface area (Å²) in [4.78, 5) is 16.2. The lowest BCUT2D eigenvalue weighted by Gasteiger charge is -2.22. The Morgan fingerprint density at radius 2 is 2.00 bits per heavy atom. The fourth-order valence-electron chi connectivity index (χ4n) is 2.45. The van der Waals surface area contributed by atoms with Crippen molar-refractivity contribution in [2.24, 2.45) is 0 Å². The fraction of sp³-hybridized carbons (Fsp3) is 0.474. The van der Waals surface area contributed by atoms with Gasteiger partial charge in [-0.05, 0) is 38.8 Å². The molecule has 0 fully saturated rings. The number of aromatic nitrogens is 1. The smallest absolute Gasteiger partial charge is 0.407 e. The van der Waals surface area contributed by atoms with E-state index in [0.29, 0.717) is 13.1 Å². The van der Waals surface area contributed by atoms with Crippen LogP contribution in [0.15, 0.2) is 36.5 Å². The zero-order chi connectivity index (χ0) is 17.6. The molecule has 2 aromatic rings. The Hall–Kier alpha value is -2.14. The highest BCUT2D eigenvalue weighted by Gasteiger charge is 2.17. The van der Waals surface area contributed by atoms with E-state index >= 15 is 0 Å². The van der Waals surface area contributed by atoms with E-state index < -0.39 is 5.60 Å². The van der Waals surface area contributed by atoms with Crippen molar-refractivity contribution in [2.75, 3.05) is 6.54 Å². The molecule has 1 amide bonds. The highest BCUT2D eigenvalue weighted by molar-refractivity contribution is 5.81. The number of para-hydroxylation sites is 1. The number of carbonyl (C=O) groups is 1. The second kappa shape index (κ2) is 8.11. The molecular weight excluding hydrogens is 302 g/mol. The van der Waals surface area contributed by atoms with Crippen LogP contribution >= 0.6 is 0 Å². The first-order valence-corrected chi connectivity index (χ1v) is 8.42. The number of hydrogen-bond acceptors (Lipinski definition) is 4. The Morgan fingerprint density at radius 3 is 2.71 bits per heavy atom. The van der Waals surface area contributed by atoms with Crippen LogP contribution in [0.3, 0.4) is 0 Å². The van der Waals surface area contributed by atoms with Gasteiger partial charge < -0.3 is 15.4 Å². The van der Waals surface area contributed by atoms with Crippen LogP contribution in [0, 0.1) is 0 Å². The summed E-state index contributed by atoms with van der Waals surface area (Å²) >= 11 is 0. The normalized spacial score (nSPS) is 12.8. The molecule has 130 valence electrons. The zero-order valence-corrected chi connectivity index (χ0v) is 14.9. The number of rotatable bonds is 6. The van der Waals surface area contributed by atoms with Gasteiger partial charge in [0.15, 0.2) is 0 Å². The lowest BCUT2D eigenvalue weighted by atomic mass is 10.1. The lowest BCUT2D eigenvalue weighted by Crippen LogP contribution is -2.42. The van der Waals surface area contributed by atoms with Gasteiger partial charge in [0.25, 0.3) is 0 Å². The Morgan fingerprint density at radius 1 is 1.25 bits per heavy atom. The summed E-state index contributed by atoms with van der Waals surface area (Å²) in [6, 6.07) is 10.4. The van der Waals surface area contributed by atoms with Gasteiger partial charge in [0.05, 0.1) is 5.52 Å². The van der Waals surface area contributed by atoms with Crippen LogP contribution in [0.4, 0.5) is 4.79 Å². The van der Waals surface area contributed by atoms with Crippen molar-refractivity contribution in [3.05, 3.63) is 42.1 Å². The summed E-state index contributed by atoms with van der Waals surface area (Å²) in [5.74, 6) is 0. The lowest BCUT2D eigenvalue weighted by molar-refractivity contribution is 0.0522. The Kier molecular flexibility index (Phi) is 6.15. The first kappa shape index (κ1) is 18.2. The minimum absolute atomic E-state index is 0.177. The van der Waals surface area contributed by atoms with E-state index in [1.807, 2.05) is 39.1 Å². The molecule has 1 aromatic heterocycles. The van der Waals surface area contributed by atoms with Crippen molar-refractivity contribution in [1.82, 2.24) is 15.6 Å². The molecule has 0 spiro atoms. The molecule has 2 rings (SSSR count). The SMILES string of the molecule is CCC(CNC(=O)OC(C)(C)C)NCc1cccc2cccnc12. The Balaban J connectivity index is 1.90. The molecule has 1 aromatic carbocycles. The zero-order valence-electron chi connectivity index (χ0n) is 14.9. The minimum atomic E-state index is -0.478. The Labute approximate surface area is 143 Å². The van der Waals surface area contributed by atoms with Crippen molar-refractivity contribution in [1.29, 1.82) is 0 Å². The number of fused-ring (bicyclic) bond motifs is 1. The van der Waals surface area contributed by atoms with E-state index in [-0.39, 0.29) is 12.1 Å². The maximum absolute atomic E-state index is 11.8. The van der Waals surface area contributed by atoms with Gasteiger partial charge in [-0.3, -0.25) is 4.98 Å². The molecule has 1 unspecified atom stereocenters. The van der Waals surface area contributed by atoms with E-state index in [4.69, 9.17) is 4.74 Å². The first-order valence-electron chi connectivity index (χ1n) is 8.42. The molecule has 5 nitrogen and oxygen atoms in total. The molecule has 5 heteroatoms. The molecule has 0 aliphatic rings. The van der Waals surface area contributed by atoms with Gasteiger partial charge >= 0.3 is 6.09 Å². The summed E-state index contributed by atoms with van der Waals surface area (Å²) in [7, 11) is 0. The molecule has 24 heavy (non-hydrogen) atoms. The van der Waals surface area contributed by atoms with Crippen LogP contribution in [-0.2, 0) is 11.3 Å². The van der Waals surface area contributed by atoms with Gasteiger partial charge in [-0.15, -0.1) is 0 Å². The molecule has 0 aliphatic heterocycles. The van der Waals surface area contributed by atoms with Gasteiger partial charge in [0.1, 0.15) is 5.60 Å². The van der Waals surface area contributed by atoms with Crippen LogP contribution < -0.4 is 10.6 Å². The van der Waals surface area contributed by atoms with Crippen molar-refractivity contribution in [2.45, 2.75) is 52.3 Å². The summed E-state index contributed by atoms with van der Waals surface area (Å²) < 4.78 is 5.27. The molecule has 0 bridgehead atoms. The van der Waals surface area contributed by atoms with Gasteiger partial charge in [0.2, 0.25) is 0 Å². The van der Waals surface area contributed by atoms with Gasteiger partial charge in [-0.1, -0.05) is 31.2 Å². The van der Waals surface area contributed by atoms with Gasteiger partial charge in [-0.2, -0.15) is 0 Å². The predicted octanol–water partition coefficient (Wildman–Crippen LogP) is 3.63. The molecule has 0 saturated carbocycles. The predicted molar refractivity (Wildman–Crippen MR) is 96.9 cm³/mol. The molecule has 0 radical (unpaired) electrons. The minimum Gasteiger partial charge on any atom is -0.444 e. The largest absolute Gasteiger partial charge is 0.444 e. The third-order valence-electron chi connectivity index (χ3n) is 3.68. The third-order valence-corrected chi connectivity index (χ3v) is 3.68. The number of nitrogens with zero attached hydrogens (tertiary/aromatic N) is 1. The maximum Gasteiger partial charge on any atom is 0.407 e. The van der Waals surface area contributed by atoms with Crippen LogP contribution in [0.2, 0.25) is 0 Å². The van der Waals surface area contributed by atoms with Crippen molar-refractivity contribution >= 4 is 17.0 Å². The Bertz CT molecular complexity index is 674. The molecule has 0 aliphatic carbocycles. The average Bonchev–Trinajstić information content (AvgIpc) is 2.53. The first-order chi connectivity index (χ1) is 11.4. The topological polar surface area (TPSA) is 63.2 Å². The van der Waals surface area contributed by atoms with Gasteiger partial charge in [0, 0.05) is 30.7 Å². The number of alkyl carbamates (subject to hydrolysis) is 1. The van der Waals surface area contributed by atoms with E-state index in [0.717, 1.165) is 22.9 Å².